The average Bonchev–Trinajstić information content (AvgIpc) is 0.918. The highest BCUT2D eigenvalue weighted by molar-refractivity contribution is 14.1. The largest absolute Gasteiger partial charge is 1.00 e. The van der Waals surface area contributed by atoms with Gasteiger partial charge >= 0.3 is 0 Å². The minimum absolute atomic E-state index is 0. The van der Waals surface area contributed by atoms with Crippen molar-refractivity contribution in [3.8, 4) is 0 Å². The summed E-state index contributed by atoms with van der Waals surface area (Å²) in [5.74, 6) is 0. The molecular formula is C2H3ClI-. The molecule has 4 heavy (non-hydrogen) atoms. The molecule has 0 radical (unpaired) electrons. The summed E-state index contributed by atoms with van der Waals surface area (Å²) in [4.78, 5) is 0. The highest BCUT2D eigenvalue weighted by Crippen LogP contribution is 1.70. The molecule has 0 aromatic carbocycles. The van der Waals surface area contributed by atoms with Crippen molar-refractivity contribution in [3.63, 3.8) is 0 Å². The van der Waals surface area contributed by atoms with Gasteiger partial charge in [0.2, 0.25) is 0 Å². The molecule has 0 rings (SSSR count). The lowest BCUT2D eigenvalue weighted by molar-refractivity contribution is -0.000000516. The van der Waals surface area contributed by atoms with E-state index in [4.69, 9.17) is 0 Å². The quantitative estimate of drug-likeness (QED) is 0.410. The summed E-state index contributed by atoms with van der Waals surface area (Å²) in [6, 6.07) is 0. The zero-order valence-electron chi connectivity index (χ0n) is 2.04. The van der Waals surface area contributed by atoms with Crippen molar-refractivity contribution in [2.45, 2.75) is 0 Å². The Hall–Kier alpha value is 0.760. The van der Waals surface area contributed by atoms with Crippen LogP contribution in [0.5, 0.6) is 0 Å². The first kappa shape index (κ1) is 8.83. The van der Waals surface area contributed by atoms with Gasteiger partial charge in [0, 0.05) is 0 Å². The van der Waals surface area contributed by atoms with Crippen LogP contribution < -0.4 is 12.4 Å². The van der Waals surface area contributed by atoms with Gasteiger partial charge in [-0.15, -0.1) is 0 Å². The maximum absolute atomic E-state index is 3.35. The zero-order valence-corrected chi connectivity index (χ0v) is 4.95. The van der Waals surface area contributed by atoms with E-state index in [0.29, 0.717) is 0 Å². The van der Waals surface area contributed by atoms with E-state index < -0.39 is 0 Å². The minimum Gasteiger partial charge on any atom is -1.00 e. The Kier molecular flexibility index (Phi) is 20.4. The molecule has 0 heterocycles. The Labute approximate surface area is 45.8 Å². The van der Waals surface area contributed by atoms with Gasteiger partial charge in [-0.05, 0) is 4.08 Å². The van der Waals surface area contributed by atoms with Crippen molar-refractivity contribution in [2.24, 2.45) is 0 Å². The molecule has 0 unspecified atom stereocenters. The molecular weight excluding hydrogens is 186 g/mol. The Bertz CT molecular complexity index is 13.5. The van der Waals surface area contributed by atoms with E-state index in [-0.39, 0.29) is 12.4 Å². The van der Waals surface area contributed by atoms with E-state index in [1.54, 1.807) is 4.08 Å². The van der Waals surface area contributed by atoms with Crippen LogP contribution in [0.3, 0.4) is 0 Å². The predicted octanol–water partition coefficient (Wildman–Crippen LogP) is -1.43. The van der Waals surface area contributed by atoms with Gasteiger partial charge in [-0.3, -0.25) is 0 Å². The summed E-state index contributed by atoms with van der Waals surface area (Å²) >= 11 is 2.05. The third kappa shape index (κ3) is 14.8. The molecule has 0 aliphatic carbocycles. The van der Waals surface area contributed by atoms with Crippen LogP contribution in [0, 0.1) is 0 Å². The molecule has 0 aromatic heterocycles. The average molecular weight is 189 g/mol. The zero-order chi connectivity index (χ0) is 2.71. The van der Waals surface area contributed by atoms with Gasteiger partial charge in [0.05, 0.1) is 0 Å². The van der Waals surface area contributed by atoms with Crippen molar-refractivity contribution in [3.05, 3.63) is 10.7 Å². The molecule has 0 aromatic rings. The van der Waals surface area contributed by atoms with E-state index in [0.717, 1.165) is 0 Å². The Morgan fingerprint density at radius 1 is 1.75 bits per heavy atom. The van der Waals surface area contributed by atoms with Gasteiger partial charge < -0.3 is 12.4 Å². The van der Waals surface area contributed by atoms with Crippen LogP contribution in [-0.4, -0.2) is 0 Å². The fourth-order valence-corrected chi connectivity index (χ4v) is 0. The molecule has 0 aliphatic rings. The van der Waals surface area contributed by atoms with Crippen LogP contribution in [0.1, 0.15) is 0 Å². The van der Waals surface area contributed by atoms with Gasteiger partial charge in [-0.1, -0.05) is 29.2 Å². The van der Waals surface area contributed by atoms with Crippen LogP contribution in [0.25, 0.3) is 0 Å². The van der Waals surface area contributed by atoms with Crippen molar-refractivity contribution >= 4 is 22.6 Å². The third-order valence-corrected chi connectivity index (χ3v) is 0. The lowest BCUT2D eigenvalue weighted by Gasteiger charge is -1.27. The van der Waals surface area contributed by atoms with Crippen molar-refractivity contribution in [1.29, 1.82) is 0 Å². The standard InChI is InChI=1S/C2H3I.ClH/c1-2-3;/h2H,1H2;1H/p-1. The second-order valence-corrected chi connectivity index (χ2v) is 1.04. The molecule has 0 aliphatic heterocycles. The molecule has 0 nitrogen and oxygen atoms in total. The Morgan fingerprint density at radius 3 is 1.75 bits per heavy atom. The van der Waals surface area contributed by atoms with Crippen LogP contribution in [0.15, 0.2) is 10.7 Å². The minimum atomic E-state index is 0. The molecule has 0 saturated heterocycles. The Morgan fingerprint density at radius 2 is 1.75 bits per heavy atom. The molecule has 0 fully saturated rings. The van der Waals surface area contributed by atoms with E-state index in [1.807, 2.05) is 0 Å². The normalized spacial score (nSPS) is 3.25. The number of hydrogen-bond donors (Lipinski definition) is 0. The smallest absolute Gasteiger partial charge is 0.0306 e. The van der Waals surface area contributed by atoms with Gasteiger partial charge in [-0.25, -0.2) is 0 Å². The summed E-state index contributed by atoms with van der Waals surface area (Å²) in [6.07, 6.45) is 0. The first-order valence-electron chi connectivity index (χ1n) is 0.626. The topological polar surface area (TPSA) is 0 Å². The van der Waals surface area contributed by atoms with Gasteiger partial charge in [0.15, 0.2) is 0 Å². The summed E-state index contributed by atoms with van der Waals surface area (Å²) in [6.45, 7) is 3.35. The molecule has 0 amide bonds. The number of halogens is 2. The van der Waals surface area contributed by atoms with Crippen molar-refractivity contribution < 1.29 is 12.4 Å². The van der Waals surface area contributed by atoms with E-state index in [2.05, 4.69) is 29.2 Å². The van der Waals surface area contributed by atoms with Crippen LogP contribution in [-0.2, 0) is 0 Å². The highest BCUT2D eigenvalue weighted by atomic mass is 127. The fourth-order valence-electron chi connectivity index (χ4n) is 0. The van der Waals surface area contributed by atoms with E-state index in [9.17, 15) is 0 Å². The molecule has 0 atom stereocenters. The Balaban J connectivity index is 0. The van der Waals surface area contributed by atoms with Crippen LogP contribution >= 0.6 is 22.6 Å². The summed E-state index contributed by atoms with van der Waals surface area (Å²) in [7, 11) is 0. The second kappa shape index (κ2) is 9.25. The maximum Gasteiger partial charge on any atom is -0.0306 e. The lowest BCUT2D eigenvalue weighted by atomic mass is 11.3. The number of hydrogen-bond acceptors (Lipinski definition) is 0. The lowest BCUT2D eigenvalue weighted by Crippen LogP contribution is -3.00. The van der Waals surface area contributed by atoms with Gasteiger partial charge in [0.1, 0.15) is 0 Å². The molecule has 2 heteroatoms. The fraction of sp³-hybridized carbons (Fsp3) is 0. The summed E-state index contributed by atoms with van der Waals surface area (Å²) in [5, 5.41) is 0. The van der Waals surface area contributed by atoms with Gasteiger partial charge in [-0.2, -0.15) is 0 Å². The molecule has 0 N–H and O–H groups in total. The van der Waals surface area contributed by atoms with Crippen LogP contribution in [0.2, 0.25) is 0 Å². The second-order valence-electron chi connectivity index (χ2n) is 0.154. The summed E-state index contributed by atoms with van der Waals surface area (Å²) in [5.41, 5.74) is 0. The molecule has 0 saturated carbocycles. The van der Waals surface area contributed by atoms with E-state index in [1.165, 1.54) is 0 Å². The maximum atomic E-state index is 3.35. The highest BCUT2D eigenvalue weighted by Gasteiger charge is 1.18. The monoisotopic (exact) mass is 189 g/mol. The van der Waals surface area contributed by atoms with Crippen LogP contribution in [0.4, 0.5) is 0 Å². The molecule has 26 valence electrons. The molecule has 0 spiro atoms. The predicted molar refractivity (Wildman–Crippen MR) is 24.2 cm³/mol. The van der Waals surface area contributed by atoms with E-state index >= 15 is 0 Å². The number of rotatable bonds is 0. The first-order chi connectivity index (χ1) is 1.41. The summed E-state index contributed by atoms with van der Waals surface area (Å²) < 4.78 is 1.72. The first-order valence-corrected chi connectivity index (χ1v) is 1.87. The van der Waals surface area contributed by atoms with Crippen molar-refractivity contribution in [2.75, 3.05) is 0 Å². The molecule has 0 bridgehead atoms. The SMILES string of the molecule is C=CI.[Cl-]. The third-order valence-electron chi connectivity index (χ3n) is 0. The van der Waals surface area contributed by atoms with Crippen molar-refractivity contribution in [1.82, 2.24) is 0 Å². The van der Waals surface area contributed by atoms with Gasteiger partial charge in [0.25, 0.3) is 0 Å².